The fraction of sp³-hybridized carbons (Fsp3) is 0.214. The van der Waals surface area contributed by atoms with E-state index >= 15 is 0 Å². The molecule has 1 saturated heterocycles. The zero-order valence-electron chi connectivity index (χ0n) is 19.7. The third-order valence-corrected chi connectivity index (χ3v) is 6.34. The Hall–Kier alpha value is -4.27. The van der Waals surface area contributed by atoms with Crippen LogP contribution in [0.1, 0.15) is 28.3 Å². The van der Waals surface area contributed by atoms with E-state index in [1.54, 1.807) is 36.8 Å². The smallest absolute Gasteiger partial charge is 0.422 e. The molecular formula is C28H23F3N4O2. The van der Waals surface area contributed by atoms with Crippen molar-refractivity contribution < 1.29 is 22.7 Å². The van der Waals surface area contributed by atoms with Crippen molar-refractivity contribution in [2.45, 2.75) is 18.5 Å². The molecule has 0 N–H and O–H groups in total. The number of carbonyl (C=O) groups excluding carboxylic acids is 1. The van der Waals surface area contributed by atoms with Crippen LogP contribution in [0.5, 0.6) is 5.75 Å². The maximum absolute atomic E-state index is 13.4. The summed E-state index contributed by atoms with van der Waals surface area (Å²) >= 11 is 0. The lowest BCUT2D eigenvalue weighted by Gasteiger charge is -2.18. The Morgan fingerprint density at radius 1 is 0.946 bits per heavy atom. The topological polar surface area (TPSA) is 68.2 Å². The lowest BCUT2D eigenvalue weighted by molar-refractivity contribution is -0.153. The normalized spacial score (nSPS) is 15.5. The zero-order chi connectivity index (χ0) is 25.8. The van der Waals surface area contributed by atoms with Crippen LogP contribution in [0.4, 0.5) is 13.2 Å². The summed E-state index contributed by atoms with van der Waals surface area (Å²) in [5.74, 6) is 0.304. The van der Waals surface area contributed by atoms with Crippen LogP contribution in [-0.4, -0.2) is 51.6 Å². The average Bonchev–Trinajstić information content (AvgIpc) is 3.43. The highest BCUT2D eigenvalue weighted by atomic mass is 19.4. The van der Waals surface area contributed by atoms with Gasteiger partial charge in [-0.05, 0) is 59.0 Å². The van der Waals surface area contributed by atoms with Crippen molar-refractivity contribution in [2.24, 2.45) is 0 Å². The number of carbonyl (C=O) groups is 1. The van der Waals surface area contributed by atoms with Crippen LogP contribution in [0.25, 0.3) is 22.3 Å². The number of ether oxygens (including phenoxy) is 1. The first-order valence-corrected chi connectivity index (χ1v) is 11.8. The number of benzene rings is 2. The SMILES string of the molecule is O=C(c1ccc(-c2ccc(OCC(F)(F)F)cc2)c(-c2cncnc2)c1)N1CCC(c2cccnc2)C1. The quantitative estimate of drug-likeness (QED) is 0.333. The minimum absolute atomic E-state index is 0.0630. The van der Waals surface area contributed by atoms with Gasteiger partial charge in [-0.25, -0.2) is 9.97 Å². The number of amides is 1. The largest absolute Gasteiger partial charge is 0.484 e. The van der Waals surface area contributed by atoms with E-state index in [1.165, 1.54) is 18.5 Å². The summed E-state index contributed by atoms with van der Waals surface area (Å²) in [7, 11) is 0. The standard InChI is InChI=1S/C28H23F3N4O2/c29-28(30,31)17-37-24-6-3-19(4-7-24)25-8-5-20(12-26(25)23-14-33-18-34-15-23)27(36)35-11-9-22(16-35)21-2-1-10-32-13-21/h1-8,10,12-15,18,22H,9,11,16-17H2. The molecule has 0 bridgehead atoms. The van der Waals surface area contributed by atoms with Gasteiger partial charge in [0.1, 0.15) is 12.1 Å². The second-order valence-corrected chi connectivity index (χ2v) is 8.84. The number of rotatable bonds is 6. The lowest BCUT2D eigenvalue weighted by atomic mass is 9.93. The minimum atomic E-state index is -4.41. The van der Waals surface area contributed by atoms with Crippen LogP contribution < -0.4 is 4.74 Å². The molecule has 1 fully saturated rings. The Bertz CT molecular complexity index is 1360. The number of halogens is 3. The number of aromatic nitrogens is 3. The van der Waals surface area contributed by atoms with Gasteiger partial charge in [-0.15, -0.1) is 0 Å². The molecule has 0 aliphatic carbocycles. The molecule has 1 aliphatic rings. The summed E-state index contributed by atoms with van der Waals surface area (Å²) in [5, 5.41) is 0. The number of hydrogen-bond acceptors (Lipinski definition) is 5. The number of nitrogens with zero attached hydrogens (tertiary/aromatic N) is 4. The third-order valence-electron chi connectivity index (χ3n) is 6.34. The van der Waals surface area contributed by atoms with Crippen LogP contribution in [0.3, 0.4) is 0 Å². The molecule has 188 valence electrons. The van der Waals surface area contributed by atoms with Gasteiger partial charge in [-0.2, -0.15) is 13.2 Å². The summed E-state index contributed by atoms with van der Waals surface area (Å²) in [6.45, 7) is -0.0767. The van der Waals surface area contributed by atoms with Crippen molar-refractivity contribution in [2.75, 3.05) is 19.7 Å². The van der Waals surface area contributed by atoms with E-state index in [-0.39, 0.29) is 17.6 Å². The fourth-order valence-electron chi connectivity index (χ4n) is 4.52. The second-order valence-electron chi connectivity index (χ2n) is 8.84. The van der Waals surface area contributed by atoms with Crippen molar-refractivity contribution >= 4 is 5.91 Å². The number of likely N-dealkylation sites (tertiary alicyclic amines) is 1. The lowest BCUT2D eigenvalue weighted by Crippen LogP contribution is -2.28. The summed E-state index contributed by atoms with van der Waals surface area (Å²) < 4.78 is 42.3. The summed E-state index contributed by atoms with van der Waals surface area (Å²) in [4.78, 5) is 27.7. The predicted octanol–water partition coefficient (Wildman–Crippen LogP) is 5.78. The second kappa shape index (κ2) is 10.4. The molecule has 2 aromatic heterocycles. The van der Waals surface area contributed by atoms with Gasteiger partial charge in [0.2, 0.25) is 0 Å². The molecule has 1 atom stereocenters. The Labute approximate surface area is 211 Å². The molecule has 1 unspecified atom stereocenters. The van der Waals surface area contributed by atoms with Gasteiger partial charge >= 0.3 is 6.18 Å². The number of pyridine rings is 1. The minimum Gasteiger partial charge on any atom is -0.484 e. The van der Waals surface area contributed by atoms with E-state index < -0.39 is 12.8 Å². The highest BCUT2D eigenvalue weighted by Crippen LogP contribution is 2.35. The Morgan fingerprint density at radius 2 is 1.73 bits per heavy atom. The molecule has 5 rings (SSSR count). The predicted molar refractivity (Wildman–Crippen MR) is 132 cm³/mol. The Morgan fingerprint density at radius 3 is 2.43 bits per heavy atom. The van der Waals surface area contributed by atoms with E-state index in [1.807, 2.05) is 35.4 Å². The maximum Gasteiger partial charge on any atom is 0.422 e. The Kier molecular flexibility index (Phi) is 6.85. The molecule has 37 heavy (non-hydrogen) atoms. The van der Waals surface area contributed by atoms with Crippen LogP contribution in [0, 0.1) is 0 Å². The van der Waals surface area contributed by atoms with Crippen molar-refractivity contribution in [3.8, 4) is 28.0 Å². The first-order chi connectivity index (χ1) is 17.9. The number of hydrogen-bond donors (Lipinski definition) is 0. The molecule has 9 heteroatoms. The van der Waals surface area contributed by atoms with Gasteiger partial charge in [0.05, 0.1) is 0 Å². The molecule has 0 radical (unpaired) electrons. The van der Waals surface area contributed by atoms with Crippen LogP contribution in [0.15, 0.2) is 85.7 Å². The van der Waals surface area contributed by atoms with Gasteiger partial charge in [-0.1, -0.05) is 24.3 Å². The van der Waals surface area contributed by atoms with Crippen molar-refractivity contribution in [1.29, 1.82) is 0 Å². The van der Waals surface area contributed by atoms with E-state index in [4.69, 9.17) is 4.74 Å². The monoisotopic (exact) mass is 504 g/mol. The molecule has 4 aromatic rings. The molecule has 2 aromatic carbocycles. The van der Waals surface area contributed by atoms with Gasteiger partial charge in [0.15, 0.2) is 6.61 Å². The van der Waals surface area contributed by atoms with E-state index in [9.17, 15) is 18.0 Å². The van der Waals surface area contributed by atoms with Crippen LogP contribution in [0.2, 0.25) is 0 Å². The van der Waals surface area contributed by atoms with Crippen molar-refractivity contribution in [3.05, 3.63) is 96.8 Å². The van der Waals surface area contributed by atoms with E-state index in [2.05, 4.69) is 15.0 Å². The molecule has 1 amide bonds. The van der Waals surface area contributed by atoms with Gasteiger partial charge in [0.25, 0.3) is 5.91 Å². The summed E-state index contributed by atoms with van der Waals surface area (Å²) in [6, 6.07) is 15.7. The van der Waals surface area contributed by atoms with Gasteiger partial charge in [0, 0.05) is 54.9 Å². The highest BCUT2D eigenvalue weighted by molar-refractivity contribution is 5.98. The molecule has 6 nitrogen and oxygen atoms in total. The number of alkyl halides is 3. The van der Waals surface area contributed by atoms with E-state index in [0.29, 0.717) is 18.7 Å². The fourth-order valence-corrected chi connectivity index (χ4v) is 4.52. The Balaban J connectivity index is 1.41. The zero-order valence-corrected chi connectivity index (χ0v) is 19.7. The van der Waals surface area contributed by atoms with Crippen LogP contribution in [-0.2, 0) is 0 Å². The summed E-state index contributed by atoms with van der Waals surface area (Å²) in [6.07, 6.45) is 4.80. The summed E-state index contributed by atoms with van der Waals surface area (Å²) in [5.41, 5.74) is 4.69. The molecule has 0 spiro atoms. The van der Waals surface area contributed by atoms with Crippen molar-refractivity contribution in [1.82, 2.24) is 19.9 Å². The highest BCUT2D eigenvalue weighted by Gasteiger charge is 2.29. The molecule has 3 heterocycles. The first kappa shape index (κ1) is 24.4. The first-order valence-electron chi connectivity index (χ1n) is 11.8. The van der Waals surface area contributed by atoms with Crippen LogP contribution >= 0.6 is 0 Å². The van der Waals surface area contributed by atoms with Crippen molar-refractivity contribution in [3.63, 3.8) is 0 Å². The third kappa shape index (κ3) is 5.77. The van der Waals surface area contributed by atoms with Gasteiger partial charge in [-0.3, -0.25) is 9.78 Å². The molecule has 0 saturated carbocycles. The maximum atomic E-state index is 13.4. The van der Waals surface area contributed by atoms with Gasteiger partial charge < -0.3 is 9.64 Å². The van der Waals surface area contributed by atoms with E-state index in [0.717, 1.165) is 34.2 Å². The molecular weight excluding hydrogens is 481 g/mol. The average molecular weight is 505 g/mol. The molecule has 1 aliphatic heterocycles.